The summed E-state index contributed by atoms with van der Waals surface area (Å²) in [6, 6.07) is 147. The van der Waals surface area contributed by atoms with E-state index >= 15 is 0 Å². The molecule has 25 rings (SSSR count). The Kier molecular flexibility index (Phi) is 15.7. The lowest BCUT2D eigenvalue weighted by Gasteiger charge is -2.40. The smallest absolute Gasteiger partial charge is 0.164 e. The quantitative estimate of drug-likeness (QED) is 0.125. The Morgan fingerprint density at radius 2 is 0.504 bits per heavy atom. The first-order valence-corrected chi connectivity index (χ1v) is 41.7. The minimum Gasteiger partial charge on any atom is -0.456 e. The molecule has 0 fully saturated rings. The van der Waals surface area contributed by atoms with Gasteiger partial charge in [-0.05, 0) is 131 Å². The van der Waals surface area contributed by atoms with Crippen molar-refractivity contribution in [2.45, 2.75) is 10.8 Å². The molecular weight excluding hydrogens is 1500 g/mol. The molecule has 4 aliphatic rings. The average Bonchev–Trinajstić information content (AvgIpc) is 1.51. The molecule has 9 nitrogen and oxygen atoms in total. The highest BCUT2D eigenvalue weighted by Gasteiger charge is 2.53. The third-order valence-electron chi connectivity index (χ3n) is 25.6. The van der Waals surface area contributed by atoms with Crippen LogP contribution in [-0.4, -0.2) is 29.9 Å². The molecule has 572 valence electrons. The second-order valence-electron chi connectivity index (χ2n) is 32.1. The molecular formula is C114H68N6O3. The molecule has 123 heavy (non-hydrogen) atoms. The summed E-state index contributed by atoms with van der Waals surface area (Å²) in [5.74, 6) is 6.76. The summed E-state index contributed by atoms with van der Waals surface area (Å²) in [5.41, 5.74) is 30.2. The summed E-state index contributed by atoms with van der Waals surface area (Å²) in [5, 5.41) is 4.28. The zero-order valence-electron chi connectivity index (χ0n) is 66.2. The SMILES string of the molecule is c1ccc(-c2nc(-c3ccc(-c4cccc5c4Oc4ccccc4C54c5ccccc5-c5cc(-c6ccc7c(-c8nc(-c9ccccc9)nc(-c9ccc(-c%10cccc%11c%10Oc%10ccccc%10C%11%10c%11ccccc%11-c%11ccccc%11%10)cc9)n8)ccc(-c8ccccc8)c7c6)ccc54)cc3)nc(-c3ccc(-c4cccc5c4oc4ccccc45)cc3)n2)cc1. The molecule has 9 heteroatoms. The fourth-order valence-electron chi connectivity index (χ4n) is 20.1. The van der Waals surface area contributed by atoms with Crippen LogP contribution in [0.4, 0.5) is 0 Å². The first-order chi connectivity index (χ1) is 60.9. The predicted octanol–water partition coefficient (Wildman–Crippen LogP) is 28.4. The molecule has 3 aromatic heterocycles. The molecule has 0 saturated carbocycles. The minimum absolute atomic E-state index is 0.565. The molecule has 18 aromatic carbocycles. The number of rotatable bonds is 11. The zero-order chi connectivity index (χ0) is 80.9. The molecule has 0 amide bonds. The largest absolute Gasteiger partial charge is 0.456 e. The van der Waals surface area contributed by atoms with E-state index in [1.165, 1.54) is 38.9 Å². The summed E-state index contributed by atoms with van der Waals surface area (Å²) in [6.07, 6.45) is 0. The van der Waals surface area contributed by atoms with Crippen LogP contribution >= 0.6 is 0 Å². The van der Waals surface area contributed by atoms with Gasteiger partial charge in [0.2, 0.25) is 0 Å². The Hall–Kier alpha value is -16.4. The predicted molar refractivity (Wildman–Crippen MR) is 493 cm³/mol. The third-order valence-corrected chi connectivity index (χ3v) is 25.6. The standard InChI is InChI=1S/C114H68N6O3/c1-4-25-69(26-5-1)80-64-65-90(112-119-108(74-29-8-3-9-30-74)117-111(120-112)77-59-53-72(54-60-77)82-36-23-44-99-105(82)122-102-47-20-17-42-97(102)113(99)93-39-14-10-31-85(93)86-32-11-15-40-94(86)113)84-63-61-78(67-91(80)84)79-62-66-96-92(68-79)87-33-12-16-41-95(87)114(96)98-43-18-21-48-103(98)123-106-83(37-24-45-100(106)114)71-51-57-76(58-52-71)110-116-107(73-27-6-2-7-28-73)115-109(118-110)75-55-49-70(50-56-75)81-35-22-38-89-88-34-13-19-46-101(88)121-104(81)89/h1-68H. The van der Waals surface area contributed by atoms with E-state index in [4.69, 9.17) is 43.8 Å². The van der Waals surface area contributed by atoms with E-state index in [0.29, 0.717) is 34.9 Å². The van der Waals surface area contributed by atoms with Crippen LogP contribution in [0.5, 0.6) is 23.0 Å². The maximum absolute atomic E-state index is 7.29. The highest BCUT2D eigenvalue weighted by atomic mass is 16.5. The number of aromatic nitrogens is 6. The average molecular weight is 1570 g/mol. The van der Waals surface area contributed by atoms with Gasteiger partial charge >= 0.3 is 0 Å². The molecule has 2 aliphatic carbocycles. The number of benzene rings is 18. The molecule has 1 unspecified atom stereocenters. The normalized spacial score (nSPS) is 13.9. The number of fused-ring (bicyclic) bond motifs is 22. The number of ether oxygens (including phenoxy) is 2. The molecule has 2 aliphatic heterocycles. The summed E-state index contributed by atoms with van der Waals surface area (Å²) in [7, 11) is 0. The van der Waals surface area contributed by atoms with Gasteiger partial charge in [-0.2, -0.15) is 0 Å². The van der Waals surface area contributed by atoms with Crippen LogP contribution in [0, 0.1) is 0 Å². The van der Waals surface area contributed by atoms with Gasteiger partial charge in [-0.1, -0.05) is 376 Å². The van der Waals surface area contributed by atoms with Crippen LogP contribution in [0.3, 0.4) is 0 Å². The van der Waals surface area contributed by atoms with E-state index in [-0.39, 0.29) is 0 Å². The summed E-state index contributed by atoms with van der Waals surface area (Å²) < 4.78 is 20.9. The van der Waals surface area contributed by atoms with Crippen molar-refractivity contribution in [1.29, 1.82) is 0 Å². The fourth-order valence-corrected chi connectivity index (χ4v) is 20.1. The zero-order valence-corrected chi connectivity index (χ0v) is 66.2. The van der Waals surface area contributed by atoms with Crippen LogP contribution in [-0.2, 0) is 10.8 Å². The number of furan rings is 1. The molecule has 0 radical (unpaired) electrons. The van der Waals surface area contributed by atoms with Crippen LogP contribution in [0.2, 0.25) is 0 Å². The van der Waals surface area contributed by atoms with Crippen LogP contribution in [0.25, 0.3) is 179 Å². The van der Waals surface area contributed by atoms with E-state index in [1.54, 1.807) is 0 Å². The van der Waals surface area contributed by atoms with Crippen molar-refractivity contribution in [2.24, 2.45) is 0 Å². The molecule has 21 aromatic rings. The van der Waals surface area contributed by atoms with Crippen LogP contribution in [0.1, 0.15) is 44.5 Å². The fraction of sp³-hybridized carbons (Fsp3) is 0.0175. The van der Waals surface area contributed by atoms with Crippen molar-refractivity contribution in [1.82, 2.24) is 29.9 Å². The molecule has 0 bridgehead atoms. The topological polar surface area (TPSA) is 109 Å². The van der Waals surface area contributed by atoms with Crippen molar-refractivity contribution in [3.05, 3.63) is 457 Å². The first kappa shape index (κ1) is 69.7. The van der Waals surface area contributed by atoms with Gasteiger partial charge in [0.15, 0.2) is 34.9 Å². The molecule has 0 N–H and O–H groups in total. The maximum atomic E-state index is 7.29. The third kappa shape index (κ3) is 10.8. The highest BCUT2D eigenvalue weighted by molar-refractivity contribution is 6.10. The van der Waals surface area contributed by atoms with Gasteiger partial charge in [0.05, 0.1) is 10.8 Å². The van der Waals surface area contributed by atoms with Gasteiger partial charge < -0.3 is 13.9 Å². The molecule has 0 saturated heterocycles. The monoisotopic (exact) mass is 1570 g/mol. The van der Waals surface area contributed by atoms with Crippen LogP contribution < -0.4 is 9.47 Å². The highest BCUT2D eigenvalue weighted by Crippen LogP contribution is 2.66. The van der Waals surface area contributed by atoms with Gasteiger partial charge in [-0.25, -0.2) is 29.9 Å². The molecule has 5 heterocycles. The van der Waals surface area contributed by atoms with E-state index in [2.05, 4.69) is 352 Å². The summed E-state index contributed by atoms with van der Waals surface area (Å²) in [6.45, 7) is 0. The second-order valence-corrected chi connectivity index (χ2v) is 32.1. The molecule has 1 atom stereocenters. The van der Waals surface area contributed by atoms with Crippen molar-refractivity contribution >= 4 is 32.7 Å². The van der Waals surface area contributed by atoms with Crippen molar-refractivity contribution in [2.75, 3.05) is 0 Å². The number of hydrogen-bond acceptors (Lipinski definition) is 9. The second kappa shape index (κ2) is 27.6. The maximum Gasteiger partial charge on any atom is 0.164 e. The number of nitrogens with zero attached hydrogens (tertiary/aromatic N) is 6. The Balaban J connectivity index is 0.570. The van der Waals surface area contributed by atoms with Crippen LogP contribution in [0.15, 0.2) is 417 Å². The van der Waals surface area contributed by atoms with E-state index < -0.39 is 10.8 Å². The Labute approximate surface area is 708 Å². The van der Waals surface area contributed by atoms with Gasteiger partial charge in [0.25, 0.3) is 0 Å². The Morgan fingerprint density at radius 3 is 1.02 bits per heavy atom. The van der Waals surface area contributed by atoms with Crippen molar-refractivity contribution < 1.29 is 13.9 Å². The van der Waals surface area contributed by atoms with Gasteiger partial charge in [0, 0.05) is 83.1 Å². The lowest BCUT2D eigenvalue weighted by molar-refractivity contribution is 0.438. The number of hydrogen-bond donors (Lipinski definition) is 0. The Bertz CT molecular complexity index is 7880. The first-order valence-electron chi connectivity index (χ1n) is 41.7. The minimum atomic E-state index is -0.744. The van der Waals surface area contributed by atoms with Gasteiger partial charge in [-0.3, -0.25) is 0 Å². The van der Waals surface area contributed by atoms with Crippen molar-refractivity contribution in [3.63, 3.8) is 0 Å². The molecule has 2 spiro atoms. The summed E-state index contributed by atoms with van der Waals surface area (Å²) >= 11 is 0. The van der Waals surface area contributed by atoms with Gasteiger partial charge in [0.1, 0.15) is 34.2 Å². The van der Waals surface area contributed by atoms with Crippen molar-refractivity contribution in [3.8, 4) is 169 Å². The Morgan fingerprint density at radius 1 is 0.171 bits per heavy atom. The lowest BCUT2D eigenvalue weighted by atomic mass is 9.65. The van der Waals surface area contributed by atoms with E-state index in [1.807, 2.05) is 60.7 Å². The van der Waals surface area contributed by atoms with Gasteiger partial charge in [-0.15, -0.1) is 0 Å². The van der Waals surface area contributed by atoms with E-state index in [9.17, 15) is 0 Å². The summed E-state index contributed by atoms with van der Waals surface area (Å²) in [4.78, 5) is 31.7. The van der Waals surface area contributed by atoms with E-state index in [0.717, 1.165) is 173 Å². The number of para-hydroxylation sites is 6. The lowest BCUT2D eigenvalue weighted by Crippen LogP contribution is -2.32.